The summed E-state index contributed by atoms with van der Waals surface area (Å²) in [5, 5.41) is 19.8. The summed E-state index contributed by atoms with van der Waals surface area (Å²) in [5.74, 6) is 0.693. The number of amides is 3. The van der Waals surface area contributed by atoms with E-state index in [4.69, 9.17) is 9.47 Å². The second kappa shape index (κ2) is 21.7. The van der Waals surface area contributed by atoms with Crippen molar-refractivity contribution in [3.63, 3.8) is 0 Å². The smallest absolute Gasteiger partial charge is 0.246 e. The van der Waals surface area contributed by atoms with E-state index in [1.54, 1.807) is 65.3 Å². The van der Waals surface area contributed by atoms with Crippen LogP contribution >= 0.6 is 0 Å². The summed E-state index contributed by atoms with van der Waals surface area (Å²) in [6.07, 6.45) is 8.82. The number of H-pyrrole nitrogens is 1. The Morgan fingerprint density at radius 1 is 0.973 bits per heavy atom. The monoisotopic (exact) mass is 1050 g/mol. The lowest BCUT2D eigenvalue weighted by atomic mass is 9.82. The quantitative estimate of drug-likeness (QED) is 0.0649. The predicted octanol–water partition coefficient (Wildman–Crippen LogP) is 4.09. The molecule has 1 aliphatic carbocycles. The highest BCUT2D eigenvalue weighted by Crippen LogP contribution is 2.38. The molecule has 21 nitrogen and oxygen atoms in total. The summed E-state index contributed by atoms with van der Waals surface area (Å²) in [4.78, 5) is 79.1. The first-order valence-electron chi connectivity index (χ1n) is 25.3. The van der Waals surface area contributed by atoms with Crippen molar-refractivity contribution in [3.05, 3.63) is 89.7 Å². The van der Waals surface area contributed by atoms with E-state index in [0.29, 0.717) is 85.2 Å². The molecule has 2 saturated heterocycles. The minimum Gasteiger partial charge on any atom is -0.491 e. The van der Waals surface area contributed by atoms with Crippen LogP contribution in [0.3, 0.4) is 0 Å². The fraction of sp³-hybridized carbons (Fsp3) is 0.491. The topological polar surface area (TPSA) is 259 Å². The second-order valence-corrected chi connectivity index (χ2v) is 24.2. The molecule has 2 aromatic carbocycles. The van der Waals surface area contributed by atoms with Gasteiger partial charge in [-0.3, -0.25) is 29.2 Å². The van der Waals surface area contributed by atoms with Gasteiger partial charge in [0.2, 0.25) is 23.7 Å². The minimum absolute atomic E-state index is 0.0162. The molecule has 2 fully saturated rings. The lowest BCUT2D eigenvalue weighted by Crippen LogP contribution is -2.60. The Morgan fingerprint density at radius 3 is 2.35 bits per heavy atom. The summed E-state index contributed by atoms with van der Waals surface area (Å²) in [6.45, 7) is 19.4. The van der Waals surface area contributed by atoms with Crippen molar-refractivity contribution in [3.8, 4) is 11.5 Å². The van der Waals surface area contributed by atoms with Crippen LogP contribution in [0.25, 0.3) is 10.9 Å². The summed E-state index contributed by atoms with van der Waals surface area (Å²) in [5.41, 5.74) is 1.70. The van der Waals surface area contributed by atoms with E-state index < -0.39 is 61.6 Å². The van der Waals surface area contributed by atoms with Gasteiger partial charge in [-0.1, -0.05) is 57.2 Å². The maximum absolute atomic E-state index is 14.6. The largest absolute Gasteiger partial charge is 0.491 e. The van der Waals surface area contributed by atoms with Crippen molar-refractivity contribution in [2.24, 2.45) is 5.41 Å². The molecule has 8 rings (SSSR count). The molecular formula is C53H69N13O8S. The van der Waals surface area contributed by atoms with Gasteiger partial charge in [0.05, 0.1) is 35.2 Å². The first-order chi connectivity index (χ1) is 35.5. The molecule has 0 spiro atoms. The van der Waals surface area contributed by atoms with Crippen molar-refractivity contribution in [2.45, 2.75) is 115 Å². The molecule has 5 N–H and O–H groups in total. The Hall–Kier alpha value is -7.04. The molecule has 75 heavy (non-hydrogen) atoms. The fourth-order valence-electron chi connectivity index (χ4n) is 9.40. The molecule has 3 aliphatic rings. The number of ether oxygens (including phenoxy) is 2. The number of aromatic nitrogens is 6. The standard InChI is InChI=1S/C53H69N13O8S/c1-32-33(2)62-63-45(32)60-46-38-25-43(75(71,72)52(7,8)9)42(26-40(38)57-31-58-46)73-23-22-64-18-20-65(21-19-64)50-55-27-37(28-56-50)74-36-24-41(48(69)61-53(30-67)17-13-15-35-14-11-12-16-39(35)53)66(29-36)49(70)44(51(4,5)6)59-47(68)34(3)54-10/h11-14,16-17,25-28,30-31,34,36,41,44,54H,15,18-24,29H2,1-10H3,(H,59,68)(H,61,69)(H2,57,58,60,62,63)/t34-,36-,41-,44+,53-/m0/s1. The van der Waals surface area contributed by atoms with Gasteiger partial charge in [0.15, 0.2) is 27.7 Å². The Kier molecular flexibility index (Phi) is 15.7. The highest BCUT2D eigenvalue weighted by Gasteiger charge is 2.48. The number of hydrogen-bond acceptors (Lipinski definition) is 17. The minimum atomic E-state index is -3.87. The zero-order valence-electron chi connectivity index (χ0n) is 44.4. The second-order valence-electron chi connectivity index (χ2n) is 21.5. The number of rotatable bonds is 17. The third kappa shape index (κ3) is 11.5. The number of allylic oxidation sites excluding steroid dienone is 1. The molecule has 0 unspecified atom stereocenters. The lowest BCUT2D eigenvalue weighted by molar-refractivity contribution is -0.144. The first kappa shape index (κ1) is 54.2. The van der Waals surface area contributed by atoms with Crippen molar-refractivity contribution in [2.75, 3.05) is 63.1 Å². The normalized spacial score (nSPS) is 20.0. The van der Waals surface area contributed by atoms with Crippen LogP contribution in [0.2, 0.25) is 0 Å². The number of likely N-dealkylation sites (N-methyl/N-ethyl adjacent to an activating group) is 1. The number of benzene rings is 2. The number of carbonyl (C=O) groups excluding carboxylic acids is 4. The number of anilines is 3. The molecule has 2 aliphatic heterocycles. The molecule has 3 amide bonds. The molecule has 5 atom stereocenters. The van der Waals surface area contributed by atoms with Crippen LogP contribution < -0.4 is 35.6 Å². The third-order valence-electron chi connectivity index (χ3n) is 14.3. The molecule has 5 heterocycles. The number of fused-ring (bicyclic) bond motifs is 2. The van der Waals surface area contributed by atoms with Crippen molar-refractivity contribution >= 4 is 62.3 Å². The number of nitrogens with zero attached hydrogens (tertiary/aromatic N) is 8. The van der Waals surface area contributed by atoms with E-state index in [0.717, 1.165) is 16.8 Å². The van der Waals surface area contributed by atoms with Crippen LogP contribution in [0.5, 0.6) is 11.5 Å². The highest BCUT2D eigenvalue weighted by molar-refractivity contribution is 7.92. The number of aldehydes is 1. The summed E-state index contributed by atoms with van der Waals surface area (Å²) >= 11 is 0. The Bertz CT molecular complexity index is 3070. The van der Waals surface area contributed by atoms with Crippen LogP contribution in [-0.4, -0.2) is 154 Å². The average molecular weight is 1050 g/mol. The van der Waals surface area contributed by atoms with E-state index in [1.807, 2.05) is 65.0 Å². The number of sulfone groups is 1. The van der Waals surface area contributed by atoms with E-state index in [2.05, 4.69) is 61.2 Å². The summed E-state index contributed by atoms with van der Waals surface area (Å²) in [6, 6.07) is 8.03. The number of nitrogens with one attached hydrogen (secondary N) is 5. The van der Waals surface area contributed by atoms with Crippen LogP contribution in [0.1, 0.15) is 77.3 Å². The van der Waals surface area contributed by atoms with Gasteiger partial charge in [-0.2, -0.15) is 5.10 Å². The SMILES string of the molecule is CN[C@@H](C)C(=O)N[C@H](C(=O)N1C[C@@H](Oc2cnc(N3CCN(CCOc4cc5ncnc(Nc6n[nH]c(C)c6C)c5cc4S(=O)(=O)C(C)(C)C)CC3)nc2)C[C@H]1C(=O)N[C@]1(C=O)C=CCc2ccccc21)C(C)(C)C. The predicted molar refractivity (Wildman–Crippen MR) is 284 cm³/mol. The molecule has 3 aromatic heterocycles. The number of hydrogen-bond donors (Lipinski definition) is 5. The van der Waals surface area contributed by atoms with Gasteiger partial charge in [-0.05, 0) is 77.6 Å². The zero-order chi connectivity index (χ0) is 54.0. The Balaban J connectivity index is 0.919. The van der Waals surface area contributed by atoms with E-state index in [1.165, 1.54) is 11.2 Å². The van der Waals surface area contributed by atoms with E-state index in [-0.39, 0.29) is 36.1 Å². The highest BCUT2D eigenvalue weighted by atomic mass is 32.2. The molecule has 0 radical (unpaired) electrons. The van der Waals surface area contributed by atoms with Gasteiger partial charge in [0.25, 0.3) is 0 Å². The molecule has 5 aromatic rings. The Labute approximate surface area is 438 Å². The summed E-state index contributed by atoms with van der Waals surface area (Å²) < 4.78 is 39.6. The van der Waals surface area contributed by atoms with Gasteiger partial charge >= 0.3 is 0 Å². The number of carbonyl (C=O) groups is 4. The average Bonchev–Trinajstić information content (AvgIpc) is 3.95. The van der Waals surface area contributed by atoms with Crippen LogP contribution in [-0.2, 0) is 41.0 Å². The molecule has 0 bridgehead atoms. The van der Waals surface area contributed by atoms with Crippen molar-refractivity contribution in [1.29, 1.82) is 0 Å². The van der Waals surface area contributed by atoms with Gasteiger partial charge in [-0.25, -0.2) is 28.4 Å². The first-order valence-corrected chi connectivity index (χ1v) is 26.7. The molecule has 22 heteroatoms. The number of aromatic amines is 1. The van der Waals surface area contributed by atoms with Gasteiger partial charge in [0, 0.05) is 61.9 Å². The van der Waals surface area contributed by atoms with Crippen LogP contribution in [0.4, 0.5) is 17.6 Å². The molecular weight excluding hydrogens is 979 g/mol. The number of piperazine rings is 1. The maximum atomic E-state index is 14.6. The van der Waals surface area contributed by atoms with Crippen LogP contribution in [0, 0.1) is 19.3 Å². The fourth-order valence-corrected chi connectivity index (χ4v) is 10.7. The third-order valence-corrected chi connectivity index (χ3v) is 16.8. The van der Waals surface area contributed by atoms with E-state index >= 15 is 0 Å². The van der Waals surface area contributed by atoms with Crippen LogP contribution in [0.15, 0.2) is 72.2 Å². The van der Waals surface area contributed by atoms with Gasteiger partial charge in [-0.15, -0.1) is 0 Å². The number of likely N-dealkylation sites (tertiary alicyclic amines) is 1. The van der Waals surface area contributed by atoms with Crippen molar-refractivity contribution in [1.82, 2.24) is 55.9 Å². The van der Waals surface area contributed by atoms with Gasteiger partial charge < -0.3 is 40.5 Å². The molecule has 0 saturated carbocycles. The number of aryl methyl sites for hydroxylation is 1. The zero-order valence-corrected chi connectivity index (χ0v) is 45.2. The van der Waals surface area contributed by atoms with Gasteiger partial charge in [0.1, 0.15) is 53.1 Å². The van der Waals surface area contributed by atoms with Crippen molar-refractivity contribution < 1.29 is 37.1 Å². The molecule has 400 valence electrons. The van der Waals surface area contributed by atoms with E-state index in [9.17, 15) is 27.6 Å². The lowest BCUT2D eigenvalue weighted by Gasteiger charge is -2.37. The summed E-state index contributed by atoms with van der Waals surface area (Å²) in [7, 11) is -2.22. The maximum Gasteiger partial charge on any atom is 0.246 e. The Morgan fingerprint density at radius 2 is 1.69 bits per heavy atom.